The molecule has 1 saturated heterocycles. The summed E-state index contributed by atoms with van der Waals surface area (Å²) in [6.07, 6.45) is 0. The zero-order valence-electron chi connectivity index (χ0n) is 7.88. The number of rotatable bonds is 2. The molecule has 0 saturated carbocycles. The zero-order valence-corrected chi connectivity index (χ0v) is 7.88. The van der Waals surface area contributed by atoms with E-state index in [0.29, 0.717) is 0 Å². The standard InChI is InChI=1S/C11H10O4/c12-10(13)9-8(6-15-11(9)14)7-4-2-1-3-5-7/h1-5,8-9H,6H2,(H,12,13)/p-1. The van der Waals surface area contributed by atoms with E-state index in [1.807, 2.05) is 6.07 Å². The average molecular weight is 205 g/mol. The number of hydrogen-bond acceptors (Lipinski definition) is 4. The Morgan fingerprint density at radius 3 is 2.60 bits per heavy atom. The molecule has 2 atom stereocenters. The molecular weight excluding hydrogens is 196 g/mol. The Morgan fingerprint density at radius 1 is 1.33 bits per heavy atom. The van der Waals surface area contributed by atoms with E-state index >= 15 is 0 Å². The molecule has 2 unspecified atom stereocenters. The summed E-state index contributed by atoms with van der Waals surface area (Å²) < 4.78 is 4.73. The van der Waals surface area contributed by atoms with Gasteiger partial charge in [-0.05, 0) is 5.56 Å². The number of benzene rings is 1. The summed E-state index contributed by atoms with van der Waals surface area (Å²) >= 11 is 0. The predicted octanol–water partition coefficient (Wildman–Crippen LogP) is -0.307. The summed E-state index contributed by atoms with van der Waals surface area (Å²) in [5, 5.41) is 10.8. The van der Waals surface area contributed by atoms with Gasteiger partial charge in [0.25, 0.3) is 0 Å². The lowest BCUT2D eigenvalue weighted by Crippen LogP contribution is -2.36. The monoisotopic (exact) mass is 205 g/mol. The highest BCUT2D eigenvalue weighted by atomic mass is 16.5. The molecule has 0 aliphatic carbocycles. The minimum absolute atomic E-state index is 0.113. The van der Waals surface area contributed by atoms with Gasteiger partial charge in [-0.25, -0.2) is 0 Å². The quantitative estimate of drug-likeness (QED) is 0.490. The Kier molecular flexibility index (Phi) is 2.41. The lowest BCUT2D eigenvalue weighted by Gasteiger charge is -2.15. The first-order chi connectivity index (χ1) is 7.20. The second-order valence-corrected chi connectivity index (χ2v) is 3.44. The van der Waals surface area contributed by atoms with Crippen LogP contribution in [0, 0.1) is 5.92 Å². The SMILES string of the molecule is O=C([O-])C1C(=O)OCC1c1ccccc1. The molecule has 1 aliphatic heterocycles. The maximum Gasteiger partial charge on any atom is 0.315 e. The Labute approximate surface area is 86.5 Å². The van der Waals surface area contributed by atoms with Crippen molar-refractivity contribution in [2.45, 2.75) is 5.92 Å². The third-order valence-corrected chi connectivity index (χ3v) is 2.54. The molecule has 0 N–H and O–H groups in total. The van der Waals surface area contributed by atoms with E-state index in [9.17, 15) is 14.7 Å². The van der Waals surface area contributed by atoms with Crippen LogP contribution in [0.1, 0.15) is 11.5 Å². The van der Waals surface area contributed by atoms with E-state index in [4.69, 9.17) is 4.74 Å². The molecule has 2 rings (SSSR count). The summed E-state index contributed by atoms with van der Waals surface area (Å²) in [4.78, 5) is 21.9. The molecule has 0 radical (unpaired) electrons. The Balaban J connectivity index is 2.30. The normalized spacial score (nSPS) is 24.9. The van der Waals surface area contributed by atoms with Crippen molar-refractivity contribution in [2.75, 3.05) is 6.61 Å². The number of esters is 1. The number of aliphatic carboxylic acids is 1. The molecule has 78 valence electrons. The highest BCUT2D eigenvalue weighted by Crippen LogP contribution is 2.31. The summed E-state index contributed by atoms with van der Waals surface area (Å²) in [7, 11) is 0. The number of carbonyl (C=O) groups is 2. The van der Waals surface area contributed by atoms with Gasteiger partial charge in [-0.3, -0.25) is 4.79 Å². The largest absolute Gasteiger partial charge is 0.549 e. The number of cyclic esters (lactones) is 1. The number of carbonyl (C=O) groups excluding carboxylic acids is 2. The Hall–Kier alpha value is -1.84. The number of hydrogen-bond donors (Lipinski definition) is 0. The Morgan fingerprint density at radius 2 is 2.00 bits per heavy atom. The summed E-state index contributed by atoms with van der Waals surface area (Å²) in [6.45, 7) is 0.113. The molecule has 4 nitrogen and oxygen atoms in total. The van der Waals surface area contributed by atoms with Crippen LogP contribution in [-0.2, 0) is 14.3 Å². The molecule has 1 aromatic carbocycles. The van der Waals surface area contributed by atoms with Crippen LogP contribution in [0.5, 0.6) is 0 Å². The molecule has 4 heteroatoms. The highest BCUT2D eigenvalue weighted by molar-refractivity contribution is 5.95. The first-order valence-corrected chi connectivity index (χ1v) is 4.62. The van der Waals surface area contributed by atoms with Gasteiger partial charge in [0.05, 0.1) is 12.6 Å². The van der Waals surface area contributed by atoms with Gasteiger partial charge in [-0.1, -0.05) is 30.3 Å². The van der Waals surface area contributed by atoms with Crippen molar-refractivity contribution in [3.05, 3.63) is 35.9 Å². The van der Waals surface area contributed by atoms with Crippen LogP contribution in [0.2, 0.25) is 0 Å². The van der Waals surface area contributed by atoms with E-state index in [2.05, 4.69) is 0 Å². The van der Waals surface area contributed by atoms with E-state index in [1.165, 1.54) is 0 Å². The molecule has 1 heterocycles. The molecule has 0 aromatic heterocycles. The first kappa shape index (κ1) is 9.71. The maximum atomic E-state index is 11.2. The smallest absolute Gasteiger partial charge is 0.315 e. The second-order valence-electron chi connectivity index (χ2n) is 3.44. The Bertz CT molecular complexity index is 385. The fourth-order valence-electron chi connectivity index (χ4n) is 1.77. The van der Waals surface area contributed by atoms with Crippen molar-refractivity contribution in [1.29, 1.82) is 0 Å². The minimum Gasteiger partial charge on any atom is -0.549 e. The summed E-state index contributed by atoms with van der Waals surface area (Å²) in [5.41, 5.74) is 0.789. The van der Waals surface area contributed by atoms with E-state index in [-0.39, 0.29) is 6.61 Å². The first-order valence-electron chi connectivity index (χ1n) is 4.62. The van der Waals surface area contributed by atoms with Crippen LogP contribution in [0.25, 0.3) is 0 Å². The van der Waals surface area contributed by atoms with E-state index < -0.39 is 23.8 Å². The molecule has 0 spiro atoms. The molecule has 0 amide bonds. The van der Waals surface area contributed by atoms with Gasteiger partial charge in [0.15, 0.2) is 0 Å². The van der Waals surface area contributed by atoms with Gasteiger partial charge in [0.1, 0.15) is 5.92 Å². The minimum atomic E-state index is -1.37. The topological polar surface area (TPSA) is 66.4 Å². The predicted molar refractivity (Wildman–Crippen MR) is 48.6 cm³/mol. The fraction of sp³-hybridized carbons (Fsp3) is 0.273. The molecule has 15 heavy (non-hydrogen) atoms. The summed E-state index contributed by atoms with van der Waals surface area (Å²) in [6, 6.07) is 8.98. The van der Waals surface area contributed by atoms with E-state index in [0.717, 1.165) is 5.56 Å². The number of ether oxygens (including phenoxy) is 1. The molecule has 0 bridgehead atoms. The number of carboxylic acid groups (broad SMARTS) is 1. The second kappa shape index (κ2) is 3.73. The van der Waals surface area contributed by atoms with Crippen molar-refractivity contribution < 1.29 is 19.4 Å². The van der Waals surface area contributed by atoms with Crippen molar-refractivity contribution >= 4 is 11.9 Å². The third-order valence-electron chi connectivity index (χ3n) is 2.54. The van der Waals surface area contributed by atoms with Gasteiger partial charge in [0, 0.05) is 5.92 Å². The number of carboxylic acids is 1. The van der Waals surface area contributed by atoms with Crippen molar-refractivity contribution in [3.8, 4) is 0 Å². The van der Waals surface area contributed by atoms with Crippen molar-refractivity contribution in [2.24, 2.45) is 5.92 Å². The van der Waals surface area contributed by atoms with Crippen LogP contribution >= 0.6 is 0 Å². The van der Waals surface area contributed by atoms with Gasteiger partial charge in [-0.2, -0.15) is 0 Å². The van der Waals surface area contributed by atoms with Gasteiger partial charge in [0.2, 0.25) is 0 Å². The molecule has 1 fully saturated rings. The van der Waals surface area contributed by atoms with Crippen LogP contribution in [0.4, 0.5) is 0 Å². The fourth-order valence-corrected chi connectivity index (χ4v) is 1.77. The van der Waals surface area contributed by atoms with Gasteiger partial charge in [-0.15, -0.1) is 0 Å². The van der Waals surface area contributed by atoms with Gasteiger partial charge < -0.3 is 14.6 Å². The summed E-state index contributed by atoms with van der Waals surface area (Å²) in [5.74, 6) is -3.67. The lowest BCUT2D eigenvalue weighted by atomic mass is 9.89. The maximum absolute atomic E-state index is 11.2. The van der Waals surface area contributed by atoms with Crippen molar-refractivity contribution in [1.82, 2.24) is 0 Å². The molecule has 1 aliphatic rings. The van der Waals surface area contributed by atoms with Crippen molar-refractivity contribution in [3.63, 3.8) is 0 Å². The van der Waals surface area contributed by atoms with Crippen LogP contribution in [-0.4, -0.2) is 18.5 Å². The lowest BCUT2D eigenvalue weighted by molar-refractivity contribution is -0.310. The zero-order chi connectivity index (χ0) is 10.8. The molecular formula is C11H9O4-. The van der Waals surface area contributed by atoms with Gasteiger partial charge >= 0.3 is 5.97 Å². The van der Waals surface area contributed by atoms with Crippen LogP contribution in [0.3, 0.4) is 0 Å². The van der Waals surface area contributed by atoms with Crippen LogP contribution in [0.15, 0.2) is 30.3 Å². The van der Waals surface area contributed by atoms with E-state index in [1.54, 1.807) is 24.3 Å². The van der Waals surface area contributed by atoms with Crippen LogP contribution < -0.4 is 5.11 Å². The highest BCUT2D eigenvalue weighted by Gasteiger charge is 2.38. The molecule has 1 aromatic rings. The third kappa shape index (κ3) is 1.70. The average Bonchev–Trinajstić information content (AvgIpc) is 2.61.